The first-order chi connectivity index (χ1) is 33.3. The second-order valence-electron chi connectivity index (χ2n) is 25.6. The van der Waals surface area contributed by atoms with E-state index in [0.29, 0.717) is 0 Å². The average molecular weight is 952 g/mol. The number of benzene rings is 7. The molecule has 2 aliphatic rings. The van der Waals surface area contributed by atoms with Crippen molar-refractivity contribution in [2.45, 2.75) is 131 Å². The fourth-order valence-corrected chi connectivity index (χ4v) is 12.4. The van der Waals surface area contributed by atoms with Crippen LogP contribution in [0.3, 0.4) is 0 Å². The first-order valence-corrected chi connectivity index (χ1v) is 26.5. The molecule has 4 heterocycles. The van der Waals surface area contributed by atoms with E-state index in [2.05, 4.69) is 259 Å². The molecule has 0 saturated heterocycles. The number of aryl methyl sites for hydroxylation is 1. The van der Waals surface area contributed by atoms with Gasteiger partial charge in [0.15, 0.2) is 0 Å². The van der Waals surface area contributed by atoms with E-state index in [1.165, 1.54) is 86.8 Å². The molecule has 360 valence electrons. The monoisotopic (exact) mass is 952 g/mol. The predicted molar refractivity (Wildman–Crippen MR) is 310 cm³/mol. The van der Waals surface area contributed by atoms with Gasteiger partial charge in [0.25, 0.3) is 6.71 Å². The van der Waals surface area contributed by atoms with Gasteiger partial charge in [0.05, 0.1) is 22.6 Å². The van der Waals surface area contributed by atoms with Crippen LogP contribution in [-0.2, 0) is 34.1 Å². The van der Waals surface area contributed by atoms with Crippen molar-refractivity contribution in [3.63, 3.8) is 0 Å². The molecule has 7 aromatic carbocycles. The highest BCUT2D eigenvalue weighted by Crippen LogP contribution is 2.53. The van der Waals surface area contributed by atoms with Crippen LogP contribution in [0.15, 0.2) is 133 Å². The number of fused-ring (bicyclic) bond motifs is 9. The van der Waals surface area contributed by atoms with Crippen molar-refractivity contribution in [2.24, 2.45) is 7.05 Å². The molecular weight excluding hydrogens is 882 g/mol. The van der Waals surface area contributed by atoms with Crippen LogP contribution >= 0.6 is 11.3 Å². The van der Waals surface area contributed by atoms with Gasteiger partial charge in [-0.3, -0.25) is 0 Å². The summed E-state index contributed by atoms with van der Waals surface area (Å²) in [6.07, 6.45) is 0. The molecule has 2 aromatic heterocycles. The fourth-order valence-electron chi connectivity index (χ4n) is 11.1. The lowest BCUT2D eigenvalue weighted by Gasteiger charge is -2.40. The Kier molecular flexibility index (Phi) is 10.5. The lowest BCUT2D eigenvalue weighted by atomic mass is 9.36. The largest absolute Gasteiger partial charge is 0.458 e. The standard InChI is InChI=1S/C65H70BN3OS/c1-61(2,3)39-21-27-44(28-22-39)68(45-29-23-40(24-30-45)62(4,5)6)51-32-31-50(56-46-19-17-18-20-49(46)67(16)59(51)56)69-52-37-43(65(13,14)15)38-54-57(52)66(48-36-42(64(10,11)12)25-33-53(48)70-54)60-58(69)47-35-41(63(7,8)9)26-34-55(47)71-60/h17-38H,1-16H3. The second kappa shape index (κ2) is 15.9. The molecule has 0 aliphatic carbocycles. The molecule has 0 unspecified atom stereocenters. The van der Waals surface area contributed by atoms with Gasteiger partial charge < -0.3 is 19.1 Å². The van der Waals surface area contributed by atoms with E-state index in [9.17, 15) is 0 Å². The summed E-state index contributed by atoms with van der Waals surface area (Å²) in [4.78, 5) is 5.14. The SMILES string of the molecule is Cn1c2ccccc2c2c(N3c4cc(C(C)(C)C)cc5c4B(c4cc(C(C)(C)C)ccc4O5)c4sc5ccc(C(C)(C)C)cc5c43)ccc(N(c3ccc(C(C)(C)C)cc3)c3ccc(C(C)(C)C)cc3)c21. The van der Waals surface area contributed by atoms with Crippen molar-refractivity contribution in [3.05, 3.63) is 161 Å². The Hall–Kier alpha value is -6.24. The minimum Gasteiger partial charge on any atom is -0.458 e. The number of nitrogens with zero attached hydrogens (tertiary/aromatic N) is 3. The number of hydrogen-bond acceptors (Lipinski definition) is 4. The third kappa shape index (κ3) is 7.70. The summed E-state index contributed by atoms with van der Waals surface area (Å²) >= 11 is 1.95. The Bertz CT molecular complexity index is 3540. The third-order valence-electron chi connectivity index (χ3n) is 15.4. The maximum atomic E-state index is 7.20. The quantitative estimate of drug-likeness (QED) is 0.164. The Labute approximate surface area is 427 Å². The maximum absolute atomic E-state index is 7.20. The van der Waals surface area contributed by atoms with Gasteiger partial charge in [-0.05, 0) is 139 Å². The molecule has 6 heteroatoms. The van der Waals surface area contributed by atoms with Gasteiger partial charge in [0.2, 0.25) is 0 Å². The highest BCUT2D eigenvalue weighted by Gasteiger charge is 2.46. The molecule has 0 N–H and O–H groups in total. The molecule has 0 atom stereocenters. The summed E-state index contributed by atoms with van der Waals surface area (Å²) in [5.74, 6) is 1.90. The zero-order valence-corrected chi connectivity index (χ0v) is 45.8. The average Bonchev–Trinajstić information content (AvgIpc) is 3.83. The first-order valence-electron chi connectivity index (χ1n) is 25.7. The minimum atomic E-state index is -0.146. The number of anilines is 6. The van der Waals surface area contributed by atoms with E-state index in [-0.39, 0.29) is 33.8 Å². The summed E-state index contributed by atoms with van der Waals surface area (Å²) in [5.41, 5.74) is 18.2. The lowest BCUT2D eigenvalue weighted by molar-refractivity contribution is 0.482. The predicted octanol–water partition coefficient (Wildman–Crippen LogP) is 16.9. The van der Waals surface area contributed by atoms with E-state index in [0.717, 1.165) is 34.2 Å². The molecule has 0 radical (unpaired) electrons. The Morgan fingerprint density at radius 1 is 0.493 bits per heavy atom. The number of thiophene rings is 1. The van der Waals surface area contributed by atoms with E-state index in [4.69, 9.17) is 4.74 Å². The van der Waals surface area contributed by atoms with E-state index >= 15 is 0 Å². The van der Waals surface area contributed by atoms with Crippen LogP contribution in [-0.4, -0.2) is 11.3 Å². The number of hydrogen-bond donors (Lipinski definition) is 0. The molecule has 4 nitrogen and oxygen atoms in total. The van der Waals surface area contributed by atoms with Gasteiger partial charge in [-0.25, -0.2) is 0 Å². The molecular formula is C65H70BN3OS. The number of rotatable bonds is 4. The molecule has 0 saturated carbocycles. The molecule has 0 fully saturated rings. The first kappa shape index (κ1) is 47.1. The van der Waals surface area contributed by atoms with Crippen LogP contribution in [0, 0.1) is 0 Å². The summed E-state index contributed by atoms with van der Waals surface area (Å²) in [5, 5.41) is 3.74. The normalized spacial score (nSPS) is 14.0. The minimum absolute atomic E-state index is 0.00767. The maximum Gasteiger partial charge on any atom is 0.268 e. The molecule has 0 amide bonds. The van der Waals surface area contributed by atoms with Crippen molar-refractivity contribution in [1.82, 2.24) is 4.57 Å². The Morgan fingerprint density at radius 2 is 1.04 bits per heavy atom. The van der Waals surface area contributed by atoms with Crippen molar-refractivity contribution in [2.75, 3.05) is 9.80 Å². The smallest absolute Gasteiger partial charge is 0.268 e. The van der Waals surface area contributed by atoms with E-state index < -0.39 is 0 Å². The molecule has 0 spiro atoms. The van der Waals surface area contributed by atoms with Gasteiger partial charge in [-0.1, -0.05) is 165 Å². The highest BCUT2D eigenvalue weighted by molar-refractivity contribution is 7.33. The van der Waals surface area contributed by atoms with E-state index in [1.807, 2.05) is 11.3 Å². The van der Waals surface area contributed by atoms with Crippen LogP contribution in [0.1, 0.15) is 132 Å². The summed E-state index contributed by atoms with van der Waals surface area (Å²) < 4.78 is 12.3. The molecule has 0 bridgehead atoms. The van der Waals surface area contributed by atoms with Gasteiger partial charge in [0, 0.05) is 55.3 Å². The van der Waals surface area contributed by atoms with Crippen molar-refractivity contribution >= 4 is 99.8 Å². The van der Waals surface area contributed by atoms with Crippen LogP contribution in [0.25, 0.3) is 31.9 Å². The Morgan fingerprint density at radius 3 is 1.63 bits per heavy atom. The fraction of sp³-hybridized carbons (Fsp3) is 0.323. The van der Waals surface area contributed by atoms with Crippen molar-refractivity contribution in [1.29, 1.82) is 0 Å². The van der Waals surface area contributed by atoms with Crippen molar-refractivity contribution in [3.8, 4) is 11.5 Å². The topological polar surface area (TPSA) is 20.6 Å². The highest BCUT2D eigenvalue weighted by atomic mass is 32.1. The molecule has 9 aromatic rings. The van der Waals surface area contributed by atoms with Crippen molar-refractivity contribution < 1.29 is 4.74 Å². The number of ether oxygens (including phenoxy) is 1. The zero-order chi connectivity index (χ0) is 50.5. The van der Waals surface area contributed by atoms with E-state index in [1.54, 1.807) is 0 Å². The van der Waals surface area contributed by atoms with Crippen LogP contribution in [0.5, 0.6) is 11.5 Å². The molecule has 71 heavy (non-hydrogen) atoms. The van der Waals surface area contributed by atoms with Crippen LogP contribution in [0.2, 0.25) is 0 Å². The van der Waals surface area contributed by atoms with Crippen LogP contribution in [0.4, 0.5) is 34.1 Å². The van der Waals surface area contributed by atoms with Gasteiger partial charge >= 0.3 is 0 Å². The van der Waals surface area contributed by atoms with Gasteiger partial charge in [-0.2, -0.15) is 0 Å². The Balaban J connectivity index is 1.26. The zero-order valence-electron chi connectivity index (χ0n) is 44.9. The molecule has 11 rings (SSSR count). The van der Waals surface area contributed by atoms with Gasteiger partial charge in [-0.15, -0.1) is 11.3 Å². The van der Waals surface area contributed by atoms with Crippen LogP contribution < -0.4 is 30.2 Å². The number of aromatic nitrogens is 1. The summed E-state index contributed by atoms with van der Waals surface area (Å²) in [6.45, 7) is 34.7. The summed E-state index contributed by atoms with van der Waals surface area (Å²) in [7, 11) is 2.26. The summed E-state index contributed by atoms with van der Waals surface area (Å²) in [6, 6.07) is 51.4. The third-order valence-corrected chi connectivity index (χ3v) is 16.7. The number of para-hydroxylation sites is 1. The lowest BCUT2D eigenvalue weighted by Crippen LogP contribution is -2.58. The second-order valence-corrected chi connectivity index (χ2v) is 26.7. The molecule has 2 aliphatic heterocycles. The van der Waals surface area contributed by atoms with Gasteiger partial charge in [0.1, 0.15) is 11.5 Å².